The van der Waals surface area contributed by atoms with E-state index in [1.165, 1.54) is 0 Å². The second-order valence-electron chi connectivity index (χ2n) is 7.56. The number of nitrogens with zero attached hydrogens (tertiary/aromatic N) is 4. The molecule has 0 spiro atoms. The molecule has 1 amide bonds. The third-order valence-electron chi connectivity index (χ3n) is 5.15. The third kappa shape index (κ3) is 3.46. The standard InChI is InChI=1S/C20H26N4O2/c1-15-17(11-21)16-7-4-5-8-18(16)24(15)12-19(25)23-10-6-9-20(26,14-23)13-22(2)3/h4-5,7-8,26H,6,9-10,12-14H2,1-3H3/t20-/m0/s1. The number of fused-ring (bicyclic) bond motifs is 1. The quantitative estimate of drug-likeness (QED) is 0.908. The van der Waals surface area contributed by atoms with Crippen molar-refractivity contribution in [2.75, 3.05) is 33.7 Å². The largest absolute Gasteiger partial charge is 0.387 e. The Morgan fingerprint density at radius 2 is 2.12 bits per heavy atom. The molecule has 3 rings (SSSR count). The average Bonchev–Trinajstić information content (AvgIpc) is 2.85. The molecule has 2 heterocycles. The molecule has 0 unspecified atom stereocenters. The predicted molar refractivity (Wildman–Crippen MR) is 101 cm³/mol. The normalized spacial score (nSPS) is 20.5. The summed E-state index contributed by atoms with van der Waals surface area (Å²) < 4.78 is 1.91. The Hall–Kier alpha value is -2.36. The number of hydrogen-bond acceptors (Lipinski definition) is 4. The molecule has 138 valence electrons. The second-order valence-corrected chi connectivity index (χ2v) is 7.56. The van der Waals surface area contributed by atoms with Gasteiger partial charge in [-0.25, -0.2) is 0 Å². The van der Waals surface area contributed by atoms with Crippen LogP contribution in [0, 0.1) is 18.3 Å². The van der Waals surface area contributed by atoms with Crippen LogP contribution in [0.4, 0.5) is 0 Å². The van der Waals surface area contributed by atoms with Crippen molar-refractivity contribution in [3.8, 4) is 6.07 Å². The van der Waals surface area contributed by atoms with E-state index in [0.717, 1.165) is 23.0 Å². The van der Waals surface area contributed by atoms with Gasteiger partial charge in [0.2, 0.25) is 5.91 Å². The number of carbonyl (C=O) groups is 1. The summed E-state index contributed by atoms with van der Waals surface area (Å²) in [6.07, 6.45) is 1.50. The number of piperidine rings is 1. The SMILES string of the molecule is Cc1c(C#N)c2ccccc2n1CC(=O)N1CCC[C@](O)(CN(C)C)C1. The van der Waals surface area contributed by atoms with Crippen LogP contribution in [0.2, 0.25) is 0 Å². The summed E-state index contributed by atoms with van der Waals surface area (Å²) in [7, 11) is 3.86. The molecule has 0 saturated carbocycles. The van der Waals surface area contributed by atoms with E-state index in [1.807, 2.05) is 54.8 Å². The van der Waals surface area contributed by atoms with Gasteiger partial charge in [-0.15, -0.1) is 0 Å². The van der Waals surface area contributed by atoms with Crippen molar-refractivity contribution in [3.05, 3.63) is 35.5 Å². The zero-order valence-corrected chi connectivity index (χ0v) is 15.7. The Labute approximate surface area is 154 Å². The fourth-order valence-corrected chi connectivity index (χ4v) is 4.05. The third-order valence-corrected chi connectivity index (χ3v) is 5.15. The number of hydrogen-bond donors (Lipinski definition) is 1. The maximum atomic E-state index is 12.9. The molecule has 0 radical (unpaired) electrons. The molecule has 1 fully saturated rings. The van der Waals surface area contributed by atoms with Gasteiger partial charge >= 0.3 is 0 Å². The van der Waals surface area contributed by atoms with Gasteiger partial charge in [0.25, 0.3) is 0 Å². The van der Waals surface area contributed by atoms with Crippen molar-refractivity contribution >= 4 is 16.8 Å². The lowest BCUT2D eigenvalue weighted by molar-refractivity contribution is -0.139. The number of likely N-dealkylation sites (N-methyl/N-ethyl adjacent to an activating group) is 1. The van der Waals surface area contributed by atoms with Crippen LogP contribution in [-0.4, -0.2) is 64.7 Å². The number of nitriles is 1. The number of amides is 1. The number of aliphatic hydroxyl groups is 1. The molecular weight excluding hydrogens is 328 g/mol. The van der Waals surface area contributed by atoms with Crippen LogP contribution in [0.25, 0.3) is 10.9 Å². The monoisotopic (exact) mass is 354 g/mol. The van der Waals surface area contributed by atoms with Crippen LogP contribution in [0.3, 0.4) is 0 Å². The van der Waals surface area contributed by atoms with E-state index in [0.29, 0.717) is 31.6 Å². The van der Waals surface area contributed by atoms with Gasteiger partial charge in [-0.1, -0.05) is 18.2 Å². The molecule has 6 nitrogen and oxygen atoms in total. The molecular formula is C20H26N4O2. The van der Waals surface area contributed by atoms with Gasteiger partial charge in [-0.05, 0) is 39.9 Å². The Balaban J connectivity index is 1.84. The van der Waals surface area contributed by atoms with Crippen LogP contribution in [0.15, 0.2) is 24.3 Å². The van der Waals surface area contributed by atoms with E-state index in [4.69, 9.17) is 0 Å². The molecule has 1 atom stereocenters. The number of β-amino-alcohol motifs (C(OH)–C–C–N with tert-alkyl or cyclic N) is 1. The number of aromatic nitrogens is 1. The van der Waals surface area contributed by atoms with Crippen molar-refractivity contribution in [1.29, 1.82) is 5.26 Å². The fraction of sp³-hybridized carbons (Fsp3) is 0.500. The molecule has 0 bridgehead atoms. The molecule has 6 heteroatoms. The Bertz CT molecular complexity index is 865. The van der Waals surface area contributed by atoms with Gasteiger partial charge in [-0.2, -0.15) is 5.26 Å². The van der Waals surface area contributed by atoms with E-state index in [2.05, 4.69) is 6.07 Å². The van der Waals surface area contributed by atoms with E-state index < -0.39 is 5.60 Å². The summed E-state index contributed by atoms with van der Waals surface area (Å²) in [6, 6.07) is 9.93. The highest BCUT2D eigenvalue weighted by atomic mass is 16.3. The summed E-state index contributed by atoms with van der Waals surface area (Å²) in [4.78, 5) is 16.6. The van der Waals surface area contributed by atoms with Crippen LogP contribution < -0.4 is 0 Å². The number of likely N-dealkylation sites (tertiary alicyclic amines) is 1. The Morgan fingerprint density at radius 1 is 1.38 bits per heavy atom. The van der Waals surface area contributed by atoms with Crippen LogP contribution >= 0.6 is 0 Å². The molecule has 1 saturated heterocycles. The number of benzene rings is 1. The summed E-state index contributed by atoms with van der Waals surface area (Å²) in [6.45, 7) is 3.63. The average molecular weight is 354 g/mol. The van der Waals surface area contributed by atoms with E-state index in [9.17, 15) is 15.2 Å². The highest BCUT2D eigenvalue weighted by Crippen LogP contribution is 2.26. The first-order valence-electron chi connectivity index (χ1n) is 8.97. The summed E-state index contributed by atoms with van der Waals surface area (Å²) in [5.41, 5.74) is 1.47. The number of rotatable bonds is 4. The first-order valence-corrected chi connectivity index (χ1v) is 8.97. The lowest BCUT2D eigenvalue weighted by atomic mass is 9.92. The van der Waals surface area contributed by atoms with Gasteiger partial charge in [0, 0.05) is 24.2 Å². The topological polar surface area (TPSA) is 72.5 Å². The first-order chi connectivity index (χ1) is 12.3. The van der Waals surface area contributed by atoms with Gasteiger partial charge in [0.1, 0.15) is 12.6 Å². The van der Waals surface area contributed by atoms with E-state index in [1.54, 1.807) is 4.90 Å². The van der Waals surface area contributed by atoms with Crippen LogP contribution in [-0.2, 0) is 11.3 Å². The van der Waals surface area contributed by atoms with Crippen molar-refractivity contribution in [2.24, 2.45) is 0 Å². The minimum Gasteiger partial charge on any atom is -0.387 e. The molecule has 1 aromatic heterocycles. The number of carbonyl (C=O) groups excluding carboxylic acids is 1. The highest BCUT2D eigenvalue weighted by molar-refractivity contribution is 5.89. The minimum absolute atomic E-state index is 0.0183. The van der Waals surface area contributed by atoms with Crippen molar-refractivity contribution in [1.82, 2.24) is 14.4 Å². The zero-order chi connectivity index (χ0) is 18.9. The fourth-order valence-electron chi connectivity index (χ4n) is 4.05. The van der Waals surface area contributed by atoms with Crippen molar-refractivity contribution < 1.29 is 9.90 Å². The van der Waals surface area contributed by atoms with E-state index >= 15 is 0 Å². The molecule has 1 N–H and O–H groups in total. The van der Waals surface area contributed by atoms with Gasteiger partial charge < -0.3 is 19.5 Å². The first kappa shape index (κ1) is 18.4. The van der Waals surface area contributed by atoms with Gasteiger partial charge in [0.05, 0.1) is 23.2 Å². The van der Waals surface area contributed by atoms with Crippen LogP contribution in [0.1, 0.15) is 24.1 Å². The molecule has 0 aliphatic carbocycles. The van der Waals surface area contributed by atoms with Gasteiger partial charge in [0.15, 0.2) is 0 Å². The maximum Gasteiger partial charge on any atom is 0.242 e. The smallest absolute Gasteiger partial charge is 0.242 e. The maximum absolute atomic E-state index is 12.9. The highest BCUT2D eigenvalue weighted by Gasteiger charge is 2.35. The molecule has 2 aromatic rings. The summed E-state index contributed by atoms with van der Waals surface area (Å²) in [5.74, 6) is -0.0183. The Morgan fingerprint density at radius 3 is 2.81 bits per heavy atom. The summed E-state index contributed by atoms with van der Waals surface area (Å²) >= 11 is 0. The summed E-state index contributed by atoms with van der Waals surface area (Å²) in [5, 5.41) is 21.2. The van der Waals surface area contributed by atoms with E-state index in [-0.39, 0.29) is 12.5 Å². The molecule has 1 aliphatic heterocycles. The Kier molecular flexibility index (Phi) is 5.03. The van der Waals surface area contributed by atoms with Gasteiger partial charge in [-0.3, -0.25) is 4.79 Å². The molecule has 1 aromatic carbocycles. The van der Waals surface area contributed by atoms with Crippen molar-refractivity contribution in [2.45, 2.75) is 31.9 Å². The number of para-hydroxylation sites is 1. The zero-order valence-electron chi connectivity index (χ0n) is 15.7. The lowest BCUT2D eigenvalue weighted by Gasteiger charge is -2.40. The minimum atomic E-state index is -0.858. The van der Waals surface area contributed by atoms with Crippen molar-refractivity contribution in [3.63, 3.8) is 0 Å². The lowest BCUT2D eigenvalue weighted by Crippen LogP contribution is -2.55. The van der Waals surface area contributed by atoms with Crippen LogP contribution in [0.5, 0.6) is 0 Å². The molecule has 1 aliphatic rings. The molecule has 26 heavy (non-hydrogen) atoms. The predicted octanol–water partition coefficient (Wildman–Crippen LogP) is 1.74. The second kappa shape index (κ2) is 7.10.